The van der Waals surface area contributed by atoms with Gasteiger partial charge in [0.1, 0.15) is 0 Å². The summed E-state index contributed by atoms with van der Waals surface area (Å²) in [6, 6.07) is 6.89. The molecule has 0 saturated carbocycles. The van der Waals surface area contributed by atoms with Gasteiger partial charge in [0, 0.05) is 12.6 Å². The van der Waals surface area contributed by atoms with Gasteiger partial charge in [-0.1, -0.05) is 18.2 Å². The van der Waals surface area contributed by atoms with Gasteiger partial charge >= 0.3 is 0 Å². The second-order valence-electron chi connectivity index (χ2n) is 4.56. The Labute approximate surface area is 105 Å². The average molecular weight is 264 g/mol. The molecular formula is C12H12N2O3S. The molecule has 0 N–H and O–H groups in total. The van der Waals surface area contributed by atoms with E-state index in [-0.39, 0.29) is 11.8 Å². The van der Waals surface area contributed by atoms with Crippen LogP contribution in [0, 0.1) is 0 Å². The maximum Gasteiger partial charge on any atom is 0.240 e. The summed E-state index contributed by atoms with van der Waals surface area (Å²) in [4.78, 5) is 11.8. The molecule has 2 heterocycles. The summed E-state index contributed by atoms with van der Waals surface area (Å²) >= 11 is 0. The van der Waals surface area contributed by atoms with Crippen molar-refractivity contribution in [2.45, 2.75) is 30.0 Å². The van der Waals surface area contributed by atoms with Crippen molar-refractivity contribution in [3.8, 4) is 0 Å². The normalized spacial score (nSPS) is 27.7. The number of hydrogen-bond donors (Lipinski definition) is 0. The van der Waals surface area contributed by atoms with E-state index in [4.69, 9.17) is 0 Å². The second kappa shape index (κ2) is 3.41. The first-order chi connectivity index (χ1) is 8.44. The maximum atomic E-state index is 12.5. The number of hydrazone groups is 1. The molecule has 0 saturated heterocycles. The Morgan fingerprint density at radius 3 is 2.67 bits per heavy atom. The topological polar surface area (TPSA) is 66.8 Å². The van der Waals surface area contributed by atoms with Crippen LogP contribution in [0.15, 0.2) is 34.3 Å². The van der Waals surface area contributed by atoms with Gasteiger partial charge in [-0.3, -0.25) is 4.79 Å². The first-order valence-electron chi connectivity index (χ1n) is 5.62. The number of hydrogen-bond acceptors (Lipinski definition) is 4. The highest BCUT2D eigenvalue weighted by Crippen LogP contribution is 2.46. The fraction of sp³-hybridized carbons (Fsp3) is 0.333. The minimum atomic E-state index is -3.52. The Morgan fingerprint density at radius 1 is 1.33 bits per heavy atom. The molecule has 3 rings (SSSR count). The van der Waals surface area contributed by atoms with E-state index < -0.39 is 15.2 Å². The molecule has 0 bridgehead atoms. The summed E-state index contributed by atoms with van der Waals surface area (Å²) in [5.41, 5.74) is 1.41. The minimum Gasteiger partial charge on any atom is -0.273 e. The number of carbonyl (C=O) groups is 1. The zero-order valence-corrected chi connectivity index (χ0v) is 10.8. The molecule has 5 nitrogen and oxygen atoms in total. The summed E-state index contributed by atoms with van der Waals surface area (Å²) < 4.78 is 24.9. The van der Waals surface area contributed by atoms with Crippen LogP contribution in [0.25, 0.3) is 0 Å². The van der Waals surface area contributed by atoms with Crippen LogP contribution < -0.4 is 0 Å². The molecule has 1 aromatic carbocycles. The summed E-state index contributed by atoms with van der Waals surface area (Å²) in [5.74, 6) is -0.673. The first kappa shape index (κ1) is 11.4. The smallest absolute Gasteiger partial charge is 0.240 e. The van der Waals surface area contributed by atoms with Crippen molar-refractivity contribution in [3.63, 3.8) is 0 Å². The SMILES string of the molecule is CC(=O)N1N=C(C)C2c3ccccc3S(=O)(=O)C21. The van der Waals surface area contributed by atoms with E-state index in [9.17, 15) is 13.2 Å². The number of rotatable bonds is 0. The van der Waals surface area contributed by atoms with Crippen LogP contribution in [0.1, 0.15) is 25.3 Å². The molecule has 0 aromatic heterocycles. The number of benzene rings is 1. The van der Waals surface area contributed by atoms with Gasteiger partial charge in [-0.15, -0.1) is 0 Å². The van der Waals surface area contributed by atoms with E-state index in [0.29, 0.717) is 10.6 Å². The lowest BCUT2D eigenvalue weighted by Crippen LogP contribution is -2.37. The number of fused-ring (bicyclic) bond motifs is 3. The van der Waals surface area contributed by atoms with Gasteiger partial charge in [-0.05, 0) is 18.6 Å². The number of carbonyl (C=O) groups excluding carboxylic acids is 1. The summed E-state index contributed by atoms with van der Waals surface area (Å²) in [7, 11) is -3.52. The van der Waals surface area contributed by atoms with Crippen LogP contribution in [0.2, 0.25) is 0 Å². The lowest BCUT2D eigenvalue weighted by Gasteiger charge is -2.18. The molecule has 2 aliphatic heterocycles. The van der Waals surface area contributed by atoms with E-state index in [2.05, 4.69) is 5.10 Å². The quantitative estimate of drug-likeness (QED) is 0.705. The Hall–Kier alpha value is -1.69. The molecule has 0 radical (unpaired) electrons. The van der Waals surface area contributed by atoms with Crippen molar-refractivity contribution in [2.75, 3.05) is 0 Å². The zero-order valence-electron chi connectivity index (χ0n) is 9.99. The molecular weight excluding hydrogens is 252 g/mol. The Morgan fingerprint density at radius 2 is 2.00 bits per heavy atom. The molecule has 2 aliphatic rings. The van der Waals surface area contributed by atoms with Crippen LogP contribution in [0.3, 0.4) is 0 Å². The summed E-state index contributed by atoms with van der Waals surface area (Å²) in [6.45, 7) is 3.09. The highest BCUT2D eigenvalue weighted by molar-refractivity contribution is 7.92. The highest BCUT2D eigenvalue weighted by atomic mass is 32.2. The van der Waals surface area contributed by atoms with Crippen LogP contribution in [-0.2, 0) is 14.6 Å². The number of amides is 1. The van der Waals surface area contributed by atoms with Gasteiger partial charge in [0.05, 0.1) is 10.8 Å². The monoisotopic (exact) mass is 264 g/mol. The third kappa shape index (κ3) is 1.23. The van der Waals surface area contributed by atoms with Gasteiger partial charge in [0.25, 0.3) is 0 Å². The number of nitrogens with zero attached hydrogens (tertiary/aromatic N) is 2. The van der Waals surface area contributed by atoms with E-state index in [1.807, 2.05) is 0 Å². The van der Waals surface area contributed by atoms with Crippen LogP contribution in [0.5, 0.6) is 0 Å². The van der Waals surface area contributed by atoms with E-state index in [1.165, 1.54) is 6.92 Å². The molecule has 2 atom stereocenters. The lowest BCUT2D eigenvalue weighted by molar-refractivity contribution is -0.129. The van der Waals surface area contributed by atoms with Gasteiger partial charge < -0.3 is 0 Å². The molecule has 0 aliphatic carbocycles. The van der Waals surface area contributed by atoms with E-state index in [0.717, 1.165) is 10.6 Å². The summed E-state index contributed by atoms with van der Waals surface area (Å²) in [6.07, 6.45) is 0. The van der Waals surface area contributed by atoms with Crippen molar-refractivity contribution in [3.05, 3.63) is 29.8 Å². The molecule has 0 fully saturated rings. The largest absolute Gasteiger partial charge is 0.273 e. The molecule has 0 spiro atoms. The highest BCUT2D eigenvalue weighted by Gasteiger charge is 2.53. The van der Waals surface area contributed by atoms with Gasteiger partial charge in [-0.2, -0.15) is 5.10 Å². The molecule has 94 valence electrons. The third-order valence-corrected chi connectivity index (χ3v) is 5.54. The molecule has 2 unspecified atom stereocenters. The van der Waals surface area contributed by atoms with Crippen LogP contribution in [0.4, 0.5) is 0 Å². The Bertz CT molecular complexity index is 678. The van der Waals surface area contributed by atoms with Crippen molar-refractivity contribution in [1.29, 1.82) is 0 Å². The molecule has 18 heavy (non-hydrogen) atoms. The van der Waals surface area contributed by atoms with Crippen molar-refractivity contribution in [1.82, 2.24) is 5.01 Å². The summed E-state index contributed by atoms with van der Waals surface area (Å²) in [5, 5.41) is 4.28. The number of sulfone groups is 1. The van der Waals surface area contributed by atoms with Crippen molar-refractivity contribution in [2.24, 2.45) is 5.10 Å². The predicted octanol–water partition coefficient (Wildman–Crippen LogP) is 1.12. The lowest BCUT2D eigenvalue weighted by atomic mass is 9.96. The Balaban J connectivity index is 2.27. The molecule has 6 heteroatoms. The zero-order chi connectivity index (χ0) is 13.1. The van der Waals surface area contributed by atoms with Gasteiger partial charge in [-0.25, -0.2) is 13.4 Å². The van der Waals surface area contributed by atoms with Gasteiger partial charge in [0.2, 0.25) is 15.7 Å². The fourth-order valence-corrected chi connectivity index (χ4v) is 4.91. The molecule has 1 aromatic rings. The van der Waals surface area contributed by atoms with E-state index >= 15 is 0 Å². The van der Waals surface area contributed by atoms with Crippen LogP contribution >= 0.6 is 0 Å². The van der Waals surface area contributed by atoms with Crippen molar-refractivity contribution < 1.29 is 13.2 Å². The maximum absolute atomic E-state index is 12.5. The standard InChI is InChI=1S/C12H12N2O3S/c1-7-11-9-5-3-4-6-10(9)18(16,17)12(11)14(13-7)8(2)15/h3-6,11-12H,1-2H3. The first-order valence-corrected chi connectivity index (χ1v) is 7.17. The van der Waals surface area contributed by atoms with Crippen LogP contribution in [-0.4, -0.2) is 30.4 Å². The average Bonchev–Trinajstić information content (AvgIpc) is 2.77. The van der Waals surface area contributed by atoms with Gasteiger partial charge in [0.15, 0.2) is 5.37 Å². The van der Waals surface area contributed by atoms with E-state index in [1.54, 1.807) is 31.2 Å². The minimum absolute atomic E-state index is 0.320. The third-order valence-electron chi connectivity index (χ3n) is 3.44. The van der Waals surface area contributed by atoms with Crippen molar-refractivity contribution >= 4 is 21.5 Å². The fourth-order valence-electron chi connectivity index (χ4n) is 2.70. The molecule has 1 amide bonds. The predicted molar refractivity (Wildman–Crippen MR) is 65.8 cm³/mol. The Kier molecular flexibility index (Phi) is 2.16. The second-order valence-corrected chi connectivity index (χ2v) is 6.57.